The standard InChI is InChI=1S/C13H17N3S/c1-10(13-6-4-8-17-13)16(2)9-12-11(14)5-3-7-15-12/h3-8,10H,9,14H2,1-2H3. The van der Waals surface area contributed by atoms with Crippen LogP contribution in [0.25, 0.3) is 0 Å². The minimum Gasteiger partial charge on any atom is -0.397 e. The van der Waals surface area contributed by atoms with Gasteiger partial charge in [0.2, 0.25) is 0 Å². The van der Waals surface area contributed by atoms with Crippen molar-refractivity contribution in [2.45, 2.75) is 19.5 Å². The van der Waals surface area contributed by atoms with Crippen molar-refractivity contribution in [1.29, 1.82) is 0 Å². The van der Waals surface area contributed by atoms with Crippen molar-refractivity contribution in [3.05, 3.63) is 46.4 Å². The van der Waals surface area contributed by atoms with Crippen molar-refractivity contribution in [3.8, 4) is 0 Å². The van der Waals surface area contributed by atoms with Gasteiger partial charge in [0.15, 0.2) is 0 Å². The first-order valence-electron chi connectivity index (χ1n) is 5.61. The van der Waals surface area contributed by atoms with Gasteiger partial charge in [-0.3, -0.25) is 9.88 Å². The number of thiophene rings is 1. The smallest absolute Gasteiger partial charge is 0.0772 e. The van der Waals surface area contributed by atoms with Crippen molar-refractivity contribution in [3.63, 3.8) is 0 Å². The van der Waals surface area contributed by atoms with Crippen LogP contribution in [0, 0.1) is 0 Å². The number of anilines is 1. The van der Waals surface area contributed by atoms with Crippen LogP contribution in [0.2, 0.25) is 0 Å². The Morgan fingerprint density at radius 1 is 1.41 bits per heavy atom. The van der Waals surface area contributed by atoms with Gasteiger partial charge in [0, 0.05) is 23.7 Å². The molecule has 2 aromatic heterocycles. The van der Waals surface area contributed by atoms with E-state index in [1.165, 1.54) is 4.88 Å². The Bertz CT molecular complexity index is 467. The molecule has 1 atom stereocenters. The third kappa shape index (κ3) is 2.84. The second-order valence-corrected chi connectivity index (χ2v) is 5.13. The van der Waals surface area contributed by atoms with Gasteiger partial charge in [0.05, 0.1) is 11.4 Å². The van der Waals surface area contributed by atoms with Crippen LogP contribution >= 0.6 is 11.3 Å². The Kier molecular flexibility index (Phi) is 3.76. The quantitative estimate of drug-likeness (QED) is 0.903. The van der Waals surface area contributed by atoms with E-state index >= 15 is 0 Å². The highest BCUT2D eigenvalue weighted by Crippen LogP contribution is 2.25. The molecular formula is C13H17N3S. The highest BCUT2D eigenvalue weighted by Gasteiger charge is 2.14. The monoisotopic (exact) mass is 247 g/mol. The highest BCUT2D eigenvalue weighted by molar-refractivity contribution is 7.10. The predicted octanol–water partition coefficient (Wildman–Crippen LogP) is 2.92. The van der Waals surface area contributed by atoms with E-state index in [0.717, 1.165) is 17.9 Å². The molecule has 2 N–H and O–H groups in total. The Hall–Kier alpha value is -1.39. The number of pyridine rings is 1. The van der Waals surface area contributed by atoms with Gasteiger partial charge in [0.25, 0.3) is 0 Å². The van der Waals surface area contributed by atoms with Gasteiger partial charge < -0.3 is 5.73 Å². The normalized spacial score (nSPS) is 12.9. The maximum Gasteiger partial charge on any atom is 0.0772 e. The van der Waals surface area contributed by atoms with E-state index in [0.29, 0.717) is 6.04 Å². The Balaban J connectivity index is 2.07. The maximum atomic E-state index is 5.90. The number of hydrogen-bond donors (Lipinski definition) is 1. The van der Waals surface area contributed by atoms with E-state index < -0.39 is 0 Å². The number of aromatic nitrogens is 1. The van der Waals surface area contributed by atoms with E-state index in [1.807, 2.05) is 12.1 Å². The van der Waals surface area contributed by atoms with Gasteiger partial charge in [-0.15, -0.1) is 11.3 Å². The summed E-state index contributed by atoms with van der Waals surface area (Å²) in [5.41, 5.74) is 7.61. The summed E-state index contributed by atoms with van der Waals surface area (Å²) in [6.45, 7) is 2.97. The lowest BCUT2D eigenvalue weighted by molar-refractivity contribution is 0.254. The zero-order chi connectivity index (χ0) is 12.3. The van der Waals surface area contributed by atoms with E-state index in [1.54, 1.807) is 17.5 Å². The number of rotatable bonds is 4. The van der Waals surface area contributed by atoms with Gasteiger partial charge in [-0.1, -0.05) is 6.07 Å². The molecule has 3 nitrogen and oxygen atoms in total. The van der Waals surface area contributed by atoms with Crippen LogP contribution in [0.5, 0.6) is 0 Å². The SMILES string of the molecule is CC(c1cccs1)N(C)Cc1ncccc1N. The first kappa shape index (κ1) is 12.1. The van der Waals surface area contributed by atoms with Gasteiger partial charge in [-0.05, 0) is 37.6 Å². The van der Waals surface area contributed by atoms with Gasteiger partial charge in [0.1, 0.15) is 0 Å². The lowest BCUT2D eigenvalue weighted by atomic mass is 10.2. The van der Waals surface area contributed by atoms with Crippen molar-refractivity contribution in [1.82, 2.24) is 9.88 Å². The van der Waals surface area contributed by atoms with Crippen molar-refractivity contribution in [2.24, 2.45) is 0 Å². The fourth-order valence-corrected chi connectivity index (χ4v) is 2.55. The molecule has 90 valence electrons. The largest absolute Gasteiger partial charge is 0.397 e. The first-order chi connectivity index (χ1) is 8.18. The first-order valence-corrected chi connectivity index (χ1v) is 6.49. The second kappa shape index (κ2) is 5.29. The number of hydrogen-bond acceptors (Lipinski definition) is 4. The van der Waals surface area contributed by atoms with Gasteiger partial charge in [-0.2, -0.15) is 0 Å². The molecule has 0 aliphatic rings. The maximum absolute atomic E-state index is 5.90. The van der Waals surface area contributed by atoms with Crippen LogP contribution < -0.4 is 5.73 Å². The van der Waals surface area contributed by atoms with Crippen LogP contribution in [-0.4, -0.2) is 16.9 Å². The summed E-state index contributed by atoms with van der Waals surface area (Å²) in [4.78, 5) is 7.94. The fourth-order valence-electron chi connectivity index (χ4n) is 1.70. The molecule has 1 unspecified atom stereocenters. The zero-order valence-corrected chi connectivity index (χ0v) is 10.9. The van der Waals surface area contributed by atoms with Crippen LogP contribution in [0.15, 0.2) is 35.8 Å². The molecule has 2 rings (SSSR count). The number of nitrogens with two attached hydrogens (primary N) is 1. The Morgan fingerprint density at radius 3 is 2.88 bits per heavy atom. The van der Waals surface area contributed by atoms with E-state index in [4.69, 9.17) is 5.73 Å². The molecule has 0 fully saturated rings. The van der Waals surface area contributed by atoms with Gasteiger partial charge >= 0.3 is 0 Å². The predicted molar refractivity (Wildman–Crippen MR) is 72.9 cm³/mol. The molecule has 0 amide bonds. The summed E-state index contributed by atoms with van der Waals surface area (Å²) in [6.07, 6.45) is 1.79. The molecular weight excluding hydrogens is 230 g/mol. The molecule has 2 aromatic rings. The average molecular weight is 247 g/mol. The summed E-state index contributed by atoms with van der Waals surface area (Å²) in [7, 11) is 2.10. The van der Waals surface area contributed by atoms with Crippen molar-refractivity contribution in [2.75, 3.05) is 12.8 Å². The Morgan fingerprint density at radius 2 is 2.24 bits per heavy atom. The van der Waals surface area contributed by atoms with E-state index in [-0.39, 0.29) is 0 Å². The summed E-state index contributed by atoms with van der Waals surface area (Å²) >= 11 is 1.78. The summed E-state index contributed by atoms with van der Waals surface area (Å²) in [6, 6.07) is 8.39. The van der Waals surface area contributed by atoms with E-state index in [2.05, 4.69) is 41.4 Å². The lowest BCUT2D eigenvalue weighted by Gasteiger charge is -2.23. The van der Waals surface area contributed by atoms with Crippen molar-refractivity contribution < 1.29 is 0 Å². The molecule has 0 spiro atoms. The molecule has 0 saturated carbocycles. The summed E-state index contributed by atoms with van der Waals surface area (Å²) < 4.78 is 0. The molecule has 0 aliphatic heterocycles. The molecule has 0 saturated heterocycles. The lowest BCUT2D eigenvalue weighted by Crippen LogP contribution is -2.22. The molecule has 0 radical (unpaired) electrons. The second-order valence-electron chi connectivity index (χ2n) is 4.15. The zero-order valence-electron chi connectivity index (χ0n) is 10.1. The van der Waals surface area contributed by atoms with E-state index in [9.17, 15) is 0 Å². The Labute approximate surface area is 106 Å². The highest BCUT2D eigenvalue weighted by atomic mass is 32.1. The molecule has 0 aromatic carbocycles. The number of nitrogen functional groups attached to an aromatic ring is 1. The summed E-state index contributed by atoms with van der Waals surface area (Å²) in [5, 5.41) is 2.11. The molecule has 17 heavy (non-hydrogen) atoms. The minimum absolute atomic E-state index is 0.386. The third-order valence-electron chi connectivity index (χ3n) is 2.94. The third-order valence-corrected chi connectivity index (χ3v) is 3.98. The molecule has 4 heteroatoms. The van der Waals surface area contributed by atoms with Crippen LogP contribution in [0.4, 0.5) is 5.69 Å². The average Bonchev–Trinajstić information content (AvgIpc) is 2.84. The minimum atomic E-state index is 0.386. The topological polar surface area (TPSA) is 42.2 Å². The molecule has 2 heterocycles. The van der Waals surface area contributed by atoms with Crippen LogP contribution in [-0.2, 0) is 6.54 Å². The molecule has 0 aliphatic carbocycles. The fraction of sp³-hybridized carbons (Fsp3) is 0.308. The summed E-state index contributed by atoms with van der Waals surface area (Å²) in [5.74, 6) is 0. The van der Waals surface area contributed by atoms with Gasteiger partial charge in [-0.25, -0.2) is 0 Å². The van der Waals surface area contributed by atoms with Crippen LogP contribution in [0.3, 0.4) is 0 Å². The molecule has 0 bridgehead atoms. The number of nitrogens with zero attached hydrogens (tertiary/aromatic N) is 2. The van der Waals surface area contributed by atoms with Crippen LogP contribution in [0.1, 0.15) is 23.5 Å². The van der Waals surface area contributed by atoms with Crippen molar-refractivity contribution >= 4 is 17.0 Å².